The van der Waals surface area contributed by atoms with Crippen molar-refractivity contribution in [3.63, 3.8) is 0 Å². The molecule has 1 aliphatic rings. The first-order valence-corrected chi connectivity index (χ1v) is 8.06. The second-order valence-electron chi connectivity index (χ2n) is 5.29. The minimum Gasteiger partial charge on any atom is -0.303 e. The highest BCUT2D eigenvalue weighted by Gasteiger charge is 2.24. The average molecular weight is 305 g/mol. The molecule has 4 heteroatoms. The summed E-state index contributed by atoms with van der Waals surface area (Å²) >= 11 is 1.58. The van der Waals surface area contributed by atoms with E-state index in [1.165, 1.54) is 18.2 Å². The number of fused-ring (bicyclic) bond motifs is 1. The van der Waals surface area contributed by atoms with Gasteiger partial charge in [-0.25, -0.2) is 8.78 Å². The van der Waals surface area contributed by atoms with Crippen LogP contribution in [0.3, 0.4) is 0 Å². The molecular weight excluding hydrogens is 288 g/mol. The Labute approximate surface area is 127 Å². The third kappa shape index (κ3) is 3.11. The van der Waals surface area contributed by atoms with Gasteiger partial charge in [0.25, 0.3) is 0 Å². The maximum atomic E-state index is 13.9. The molecule has 0 saturated carbocycles. The Hall–Kier alpha value is -1.39. The molecule has 0 saturated heterocycles. The first-order valence-electron chi connectivity index (χ1n) is 7.08. The van der Waals surface area contributed by atoms with Gasteiger partial charge in [-0.15, -0.1) is 11.8 Å². The zero-order chi connectivity index (χ0) is 14.8. The van der Waals surface area contributed by atoms with E-state index in [2.05, 4.69) is 5.32 Å². The molecule has 0 amide bonds. The van der Waals surface area contributed by atoms with Crippen LogP contribution in [-0.4, -0.2) is 5.75 Å². The zero-order valence-corrected chi connectivity index (χ0v) is 12.6. The van der Waals surface area contributed by atoms with Crippen molar-refractivity contribution in [2.24, 2.45) is 0 Å². The number of halogens is 2. The fourth-order valence-electron chi connectivity index (χ4n) is 2.71. The van der Waals surface area contributed by atoms with Gasteiger partial charge in [-0.3, -0.25) is 0 Å². The van der Waals surface area contributed by atoms with E-state index in [1.807, 2.05) is 13.0 Å². The SMILES string of the molecule is C[C@H](NC1CCSc2c(F)cccc21)c1ccc(F)cc1. The van der Waals surface area contributed by atoms with Crippen LogP contribution in [0.2, 0.25) is 0 Å². The molecule has 1 nitrogen and oxygen atoms in total. The monoisotopic (exact) mass is 305 g/mol. The van der Waals surface area contributed by atoms with Gasteiger partial charge in [0.1, 0.15) is 11.6 Å². The van der Waals surface area contributed by atoms with Crippen molar-refractivity contribution in [3.8, 4) is 0 Å². The van der Waals surface area contributed by atoms with Crippen LogP contribution in [0.4, 0.5) is 8.78 Å². The number of hydrogen-bond donors (Lipinski definition) is 1. The van der Waals surface area contributed by atoms with E-state index in [4.69, 9.17) is 0 Å². The summed E-state index contributed by atoms with van der Waals surface area (Å²) in [5.74, 6) is 0.535. The van der Waals surface area contributed by atoms with Crippen molar-refractivity contribution in [1.82, 2.24) is 5.32 Å². The summed E-state index contributed by atoms with van der Waals surface area (Å²) in [6.45, 7) is 2.05. The van der Waals surface area contributed by atoms with Crippen LogP contribution in [-0.2, 0) is 0 Å². The van der Waals surface area contributed by atoms with Gasteiger partial charge in [-0.2, -0.15) is 0 Å². The maximum Gasteiger partial charge on any atom is 0.137 e. The van der Waals surface area contributed by atoms with Gasteiger partial charge in [-0.05, 0) is 48.4 Å². The molecule has 2 aromatic rings. The van der Waals surface area contributed by atoms with E-state index >= 15 is 0 Å². The van der Waals surface area contributed by atoms with E-state index in [1.54, 1.807) is 30.0 Å². The minimum absolute atomic E-state index is 0.0924. The highest BCUT2D eigenvalue weighted by molar-refractivity contribution is 7.99. The summed E-state index contributed by atoms with van der Waals surface area (Å²) in [4.78, 5) is 0.757. The van der Waals surface area contributed by atoms with E-state index < -0.39 is 0 Å². The number of nitrogens with one attached hydrogen (secondary N) is 1. The molecule has 0 aliphatic carbocycles. The van der Waals surface area contributed by atoms with Crippen LogP contribution in [0.1, 0.15) is 36.6 Å². The molecule has 0 aromatic heterocycles. The first-order chi connectivity index (χ1) is 10.1. The second-order valence-corrected chi connectivity index (χ2v) is 6.39. The Balaban J connectivity index is 1.80. The van der Waals surface area contributed by atoms with Gasteiger partial charge < -0.3 is 5.32 Å². The predicted octanol–water partition coefficient (Wildman–Crippen LogP) is 4.85. The van der Waals surface area contributed by atoms with Gasteiger partial charge in [0.15, 0.2) is 0 Å². The van der Waals surface area contributed by atoms with Crippen molar-refractivity contribution in [2.75, 3.05) is 5.75 Å². The molecule has 0 bridgehead atoms. The highest BCUT2D eigenvalue weighted by atomic mass is 32.2. The van der Waals surface area contributed by atoms with Crippen LogP contribution in [0.15, 0.2) is 47.4 Å². The summed E-state index contributed by atoms with van der Waals surface area (Å²) in [7, 11) is 0. The lowest BCUT2D eigenvalue weighted by molar-refractivity contribution is 0.443. The number of hydrogen-bond acceptors (Lipinski definition) is 2. The van der Waals surface area contributed by atoms with Gasteiger partial charge in [0, 0.05) is 17.0 Å². The molecule has 1 unspecified atom stereocenters. The Morgan fingerprint density at radius 2 is 1.90 bits per heavy atom. The normalized spacial score (nSPS) is 19.1. The van der Waals surface area contributed by atoms with E-state index in [0.717, 1.165) is 28.2 Å². The zero-order valence-electron chi connectivity index (χ0n) is 11.8. The van der Waals surface area contributed by atoms with E-state index in [9.17, 15) is 8.78 Å². The number of thioether (sulfide) groups is 1. The molecule has 21 heavy (non-hydrogen) atoms. The Morgan fingerprint density at radius 1 is 1.14 bits per heavy atom. The fraction of sp³-hybridized carbons (Fsp3) is 0.294. The molecule has 0 radical (unpaired) electrons. The van der Waals surface area contributed by atoms with Crippen molar-refractivity contribution in [2.45, 2.75) is 30.3 Å². The second kappa shape index (κ2) is 6.16. The first kappa shape index (κ1) is 14.5. The largest absolute Gasteiger partial charge is 0.303 e. The molecular formula is C17H17F2NS. The minimum atomic E-state index is -0.229. The van der Waals surface area contributed by atoms with Crippen LogP contribution in [0, 0.1) is 11.6 Å². The lowest BCUT2D eigenvalue weighted by Gasteiger charge is -2.29. The molecule has 1 aliphatic heterocycles. The number of benzene rings is 2. The van der Waals surface area contributed by atoms with Gasteiger partial charge in [0.2, 0.25) is 0 Å². The van der Waals surface area contributed by atoms with Crippen LogP contribution < -0.4 is 5.32 Å². The van der Waals surface area contributed by atoms with Crippen molar-refractivity contribution in [1.29, 1.82) is 0 Å². The van der Waals surface area contributed by atoms with Crippen LogP contribution >= 0.6 is 11.8 Å². The summed E-state index contributed by atoms with van der Waals surface area (Å²) in [6.07, 6.45) is 0.965. The quantitative estimate of drug-likeness (QED) is 0.869. The smallest absolute Gasteiger partial charge is 0.137 e. The summed E-state index contributed by atoms with van der Waals surface area (Å²) in [5.41, 5.74) is 2.06. The molecule has 3 rings (SSSR count). The molecule has 0 spiro atoms. The van der Waals surface area contributed by atoms with Gasteiger partial charge in [-0.1, -0.05) is 24.3 Å². The van der Waals surface area contributed by atoms with Crippen molar-refractivity contribution < 1.29 is 8.78 Å². The third-order valence-electron chi connectivity index (χ3n) is 3.85. The summed E-state index contributed by atoms with van der Waals surface area (Å²) in [6, 6.07) is 12.0. The van der Waals surface area contributed by atoms with Crippen molar-refractivity contribution in [3.05, 3.63) is 65.2 Å². The van der Waals surface area contributed by atoms with Crippen LogP contribution in [0.5, 0.6) is 0 Å². The maximum absolute atomic E-state index is 13.9. The molecule has 0 fully saturated rings. The van der Waals surface area contributed by atoms with Crippen molar-refractivity contribution >= 4 is 11.8 Å². The summed E-state index contributed by atoms with van der Waals surface area (Å²) < 4.78 is 26.8. The lowest BCUT2D eigenvalue weighted by Crippen LogP contribution is -2.27. The van der Waals surface area contributed by atoms with Crippen LogP contribution in [0.25, 0.3) is 0 Å². The molecule has 1 N–H and O–H groups in total. The fourth-order valence-corrected chi connectivity index (χ4v) is 3.85. The lowest BCUT2D eigenvalue weighted by atomic mass is 10.0. The topological polar surface area (TPSA) is 12.0 Å². The molecule has 2 atom stereocenters. The molecule has 110 valence electrons. The molecule has 2 aromatic carbocycles. The Bertz CT molecular complexity index is 627. The molecule has 1 heterocycles. The summed E-state index contributed by atoms with van der Waals surface area (Å²) in [5, 5.41) is 3.54. The Morgan fingerprint density at radius 3 is 2.67 bits per heavy atom. The number of rotatable bonds is 3. The van der Waals surface area contributed by atoms with Gasteiger partial charge in [0.05, 0.1) is 0 Å². The van der Waals surface area contributed by atoms with E-state index in [0.29, 0.717) is 0 Å². The third-order valence-corrected chi connectivity index (χ3v) is 5.01. The predicted molar refractivity (Wildman–Crippen MR) is 82.4 cm³/mol. The van der Waals surface area contributed by atoms with Gasteiger partial charge >= 0.3 is 0 Å². The average Bonchev–Trinajstić information content (AvgIpc) is 2.49. The highest BCUT2D eigenvalue weighted by Crippen LogP contribution is 2.38. The standard InChI is InChI=1S/C17H17F2NS/c1-11(12-5-7-13(18)8-6-12)20-16-9-10-21-17-14(16)3-2-4-15(17)19/h2-8,11,16,20H,9-10H2,1H3/t11-,16?/m0/s1. The van der Waals surface area contributed by atoms with E-state index in [-0.39, 0.29) is 23.7 Å². The Kier molecular flexibility index (Phi) is 4.27.